The third-order valence-corrected chi connectivity index (χ3v) is 4.06. The average molecular weight is 278 g/mol. The van der Waals surface area contributed by atoms with Crippen molar-refractivity contribution in [2.24, 2.45) is 0 Å². The molecular formula is C11H22N2O4S. The molecule has 1 amide bonds. The number of sulfonamides is 1. The molecule has 1 unspecified atom stereocenters. The van der Waals surface area contributed by atoms with Crippen LogP contribution in [0.2, 0.25) is 0 Å². The van der Waals surface area contributed by atoms with Gasteiger partial charge in [0.05, 0.1) is 18.9 Å². The van der Waals surface area contributed by atoms with Crippen molar-refractivity contribution in [3.63, 3.8) is 0 Å². The molecule has 1 atom stereocenters. The van der Waals surface area contributed by atoms with Gasteiger partial charge in [-0.05, 0) is 19.3 Å². The summed E-state index contributed by atoms with van der Waals surface area (Å²) in [5.74, 6) is -0.274. The monoisotopic (exact) mass is 278 g/mol. The zero-order valence-electron chi connectivity index (χ0n) is 11.0. The van der Waals surface area contributed by atoms with Gasteiger partial charge in [0.1, 0.15) is 0 Å². The molecule has 1 rings (SSSR count). The van der Waals surface area contributed by atoms with Gasteiger partial charge >= 0.3 is 0 Å². The first-order chi connectivity index (χ1) is 8.43. The Morgan fingerprint density at radius 3 is 2.72 bits per heavy atom. The first-order valence-electron chi connectivity index (χ1n) is 6.27. The highest BCUT2D eigenvalue weighted by Gasteiger charge is 2.20. The summed E-state index contributed by atoms with van der Waals surface area (Å²) in [6.07, 6.45) is 3.85. The van der Waals surface area contributed by atoms with Gasteiger partial charge < -0.3 is 10.1 Å². The second-order valence-electron chi connectivity index (χ2n) is 4.54. The van der Waals surface area contributed by atoms with E-state index in [1.165, 1.54) is 4.31 Å². The second kappa shape index (κ2) is 7.06. The summed E-state index contributed by atoms with van der Waals surface area (Å²) in [6, 6.07) is 0. The molecule has 1 aliphatic heterocycles. The van der Waals surface area contributed by atoms with Crippen LogP contribution in [0.3, 0.4) is 0 Å². The van der Waals surface area contributed by atoms with Crippen LogP contribution >= 0.6 is 0 Å². The van der Waals surface area contributed by atoms with E-state index in [1.807, 2.05) is 6.92 Å². The van der Waals surface area contributed by atoms with Gasteiger partial charge in [-0.15, -0.1) is 0 Å². The molecule has 1 N–H and O–H groups in total. The molecule has 0 aromatic carbocycles. The molecule has 0 spiro atoms. The van der Waals surface area contributed by atoms with Gasteiger partial charge in [0.2, 0.25) is 15.9 Å². The number of nitrogens with one attached hydrogen (secondary N) is 1. The molecule has 106 valence electrons. The fourth-order valence-electron chi connectivity index (χ4n) is 1.86. The predicted molar refractivity (Wildman–Crippen MR) is 68.7 cm³/mol. The minimum absolute atomic E-state index is 0.0757. The summed E-state index contributed by atoms with van der Waals surface area (Å²) < 4.78 is 29.4. The Morgan fingerprint density at radius 2 is 2.22 bits per heavy atom. The second-order valence-corrected chi connectivity index (χ2v) is 6.52. The summed E-state index contributed by atoms with van der Waals surface area (Å²) in [6.45, 7) is 3.34. The highest BCUT2D eigenvalue weighted by Crippen LogP contribution is 2.10. The largest absolute Gasteiger partial charge is 0.376 e. The summed E-state index contributed by atoms with van der Waals surface area (Å²) in [7, 11) is -3.32. The Bertz CT molecular complexity index is 363. The summed E-state index contributed by atoms with van der Waals surface area (Å²) in [5.41, 5.74) is 0. The molecular weight excluding hydrogens is 256 g/mol. The van der Waals surface area contributed by atoms with E-state index < -0.39 is 10.0 Å². The number of carbonyl (C=O) groups excluding carboxylic acids is 1. The highest BCUT2D eigenvalue weighted by molar-refractivity contribution is 7.88. The van der Waals surface area contributed by atoms with Crippen LogP contribution < -0.4 is 5.32 Å². The van der Waals surface area contributed by atoms with Crippen LogP contribution in [0.25, 0.3) is 0 Å². The number of hydrogen-bond acceptors (Lipinski definition) is 4. The predicted octanol–water partition coefficient (Wildman–Crippen LogP) is -0.0468. The molecule has 7 heteroatoms. The van der Waals surface area contributed by atoms with E-state index in [0.29, 0.717) is 19.5 Å². The Hall–Kier alpha value is -0.660. The molecule has 0 saturated carbocycles. The fourth-order valence-corrected chi connectivity index (χ4v) is 2.73. The maximum absolute atomic E-state index is 11.7. The molecule has 0 aromatic rings. The Kier molecular flexibility index (Phi) is 6.04. The van der Waals surface area contributed by atoms with Crippen LogP contribution in [0.1, 0.15) is 26.2 Å². The number of carbonyl (C=O) groups is 1. The van der Waals surface area contributed by atoms with Crippen LogP contribution in [0.15, 0.2) is 0 Å². The maximum atomic E-state index is 11.7. The van der Waals surface area contributed by atoms with Crippen molar-refractivity contribution in [1.82, 2.24) is 9.62 Å². The molecule has 0 aliphatic carbocycles. The molecule has 1 heterocycles. The summed E-state index contributed by atoms with van der Waals surface area (Å²) in [4.78, 5) is 11.7. The van der Waals surface area contributed by atoms with Crippen LogP contribution in [0, 0.1) is 0 Å². The van der Waals surface area contributed by atoms with Gasteiger partial charge in [0, 0.05) is 19.7 Å². The Morgan fingerprint density at radius 1 is 1.50 bits per heavy atom. The van der Waals surface area contributed by atoms with Crippen LogP contribution in [0.4, 0.5) is 0 Å². The molecule has 1 saturated heterocycles. The topological polar surface area (TPSA) is 75.7 Å². The van der Waals surface area contributed by atoms with E-state index in [0.717, 1.165) is 25.7 Å². The van der Waals surface area contributed by atoms with Crippen molar-refractivity contribution in [3.05, 3.63) is 0 Å². The van der Waals surface area contributed by atoms with Gasteiger partial charge in [-0.25, -0.2) is 8.42 Å². The molecule has 0 bridgehead atoms. The minimum Gasteiger partial charge on any atom is -0.376 e. The number of hydrogen-bond donors (Lipinski definition) is 1. The Labute approximate surface area is 109 Å². The third kappa shape index (κ3) is 5.32. The lowest BCUT2D eigenvalue weighted by molar-refractivity contribution is -0.121. The highest BCUT2D eigenvalue weighted by atomic mass is 32.2. The number of nitrogens with zero attached hydrogens (tertiary/aromatic N) is 1. The first kappa shape index (κ1) is 15.4. The van der Waals surface area contributed by atoms with Crippen LogP contribution in [0.5, 0.6) is 0 Å². The van der Waals surface area contributed by atoms with Crippen LogP contribution in [-0.2, 0) is 19.6 Å². The van der Waals surface area contributed by atoms with Gasteiger partial charge in [-0.3, -0.25) is 4.79 Å². The lowest BCUT2D eigenvalue weighted by atomic mass is 10.2. The van der Waals surface area contributed by atoms with Crippen molar-refractivity contribution in [2.45, 2.75) is 32.3 Å². The van der Waals surface area contributed by atoms with Gasteiger partial charge in [0.25, 0.3) is 0 Å². The first-order valence-corrected chi connectivity index (χ1v) is 8.11. The quantitative estimate of drug-likeness (QED) is 0.708. The lowest BCUT2D eigenvalue weighted by Crippen LogP contribution is -2.42. The summed E-state index contributed by atoms with van der Waals surface area (Å²) in [5, 5.41) is 2.72. The smallest absolute Gasteiger partial charge is 0.235 e. The normalized spacial score (nSPS) is 20.3. The number of ether oxygens (including phenoxy) is 1. The van der Waals surface area contributed by atoms with Crippen molar-refractivity contribution < 1.29 is 17.9 Å². The average Bonchev–Trinajstić information content (AvgIpc) is 2.77. The Balaban J connectivity index is 2.36. The zero-order valence-corrected chi connectivity index (χ0v) is 11.8. The maximum Gasteiger partial charge on any atom is 0.235 e. The van der Waals surface area contributed by atoms with Gasteiger partial charge in [-0.1, -0.05) is 6.92 Å². The molecule has 1 fully saturated rings. The van der Waals surface area contributed by atoms with Gasteiger partial charge in [0.15, 0.2) is 0 Å². The van der Waals surface area contributed by atoms with Gasteiger partial charge in [-0.2, -0.15) is 4.31 Å². The molecule has 0 radical (unpaired) electrons. The van der Waals surface area contributed by atoms with E-state index in [4.69, 9.17) is 4.74 Å². The van der Waals surface area contributed by atoms with E-state index in [2.05, 4.69) is 5.32 Å². The van der Waals surface area contributed by atoms with Crippen molar-refractivity contribution in [3.8, 4) is 0 Å². The third-order valence-electron chi connectivity index (χ3n) is 2.81. The molecule has 6 nitrogen and oxygen atoms in total. The fraction of sp³-hybridized carbons (Fsp3) is 0.909. The SMILES string of the molecule is CCCN(CC(=O)NCC1CCCO1)S(C)(=O)=O. The minimum atomic E-state index is -3.32. The van der Waals surface area contributed by atoms with E-state index in [-0.39, 0.29) is 18.6 Å². The van der Waals surface area contributed by atoms with Crippen molar-refractivity contribution in [2.75, 3.05) is 32.5 Å². The number of amides is 1. The molecule has 1 aliphatic rings. The standard InChI is InChI=1S/C11H22N2O4S/c1-3-6-13(18(2,15)16)9-11(14)12-8-10-5-4-7-17-10/h10H,3-9H2,1-2H3,(H,12,14). The van der Waals surface area contributed by atoms with Crippen molar-refractivity contribution in [1.29, 1.82) is 0 Å². The summed E-state index contributed by atoms with van der Waals surface area (Å²) >= 11 is 0. The number of rotatable bonds is 7. The van der Waals surface area contributed by atoms with E-state index in [9.17, 15) is 13.2 Å². The van der Waals surface area contributed by atoms with Crippen molar-refractivity contribution >= 4 is 15.9 Å². The van der Waals surface area contributed by atoms with Crippen LogP contribution in [-0.4, -0.2) is 57.2 Å². The molecule has 0 aromatic heterocycles. The van der Waals surface area contributed by atoms with E-state index in [1.54, 1.807) is 0 Å². The van der Waals surface area contributed by atoms with E-state index >= 15 is 0 Å². The zero-order chi connectivity index (χ0) is 13.6. The lowest BCUT2D eigenvalue weighted by Gasteiger charge is -2.19. The molecule has 18 heavy (non-hydrogen) atoms.